The molecule has 0 aliphatic carbocycles. The van der Waals surface area contributed by atoms with Crippen LogP contribution in [0.2, 0.25) is 0 Å². The van der Waals surface area contributed by atoms with Gasteiger partial charge < -0.3 is 11.1 Å². The molecule has 0 saturated carbocycles. The lowest BCUT2D eigenvalue weighted by atomic mass is 10.3. The molecule has 6 heteroatoms. The fourth-order valence-corrected chi connectivity index (χ4v) is 2.13. The van der Waals surface area contributed by atoms with Gasteiger partial charge in [-0.15, -0.1) is 0 Å². The van der Waals surface area contributed by atoms with Crippen LogP contribution in [0.15, 0.2) is 5.03 Å². The van der Waals surface area contributed by atoms with E-state index in [4.69, 9.17) is 5.73 Å². The van der Waals surface area contributed by atoms with E-state index in [1.807, 2.05) is 20.8 Å². The molecule has 17 heavy (non-hydrogen) atoms. The van der Waals surface area contributed by atoms with Gasteiger partial charge in [0.15, 0.2) is 0 Å². The molecule has 0 aliphatic heterocycles. The van der Waals surface area contributed by atoms with Crippen molar-refractivity contribution in [2.45, 2.75) is 38.8 Å². The molecule has 1 aromatic heterocycles. The predicted octanol–water partition coefficient (Wildman–Crippen LogP) is 1.29. The van der Waals surface area contributed by atoms with E-state index < -0.39 is 0 Å². The van der Waals surface area contributed by atoms with Gasteiger partial charge in [-0.1, -0.05) is 11.8 Å². The Morgan fingerprint density at radius 2 is 2.06 bits per heavy atom. The Labute approximate surface area is 106 Å². The molecular weight excluding hydrogens is 236 g/mol. The van der Waals surface area contributed by atoms with Gasteiger partial charge in [0, 0.05) is 11.6 Å². The molecule has 1 rings (SSSR count). The number of nitrogens with two attached hydrogens (primary N) is 1. The molecule has 0 fully saturated rings. The number of hydrogen-bond acceptors (Lipinski definition) is 5. The van der Waals surface area contributed by atoms with Gasteiger partial charge in [0.1, 0.15) is 16.7 Å². The maximum atomic E-state index is 11.5. The number of nitrogen functional groups attached to an aromatic ring is 1. The Morgan fingerprint density at radius 1 is 1.41 bits per heavy atom. The predicted molar refractivity (Wildman–Crippen MR) is 69.9 cm³/mol. The van der Waals surface area contributed by atoms with Gasteiger partial charge in [0.25, 0.3) is 0 Å². The highest BCUT2D eigenvalue weighted by Gasteiger charge is 2.10. The van der Waals surface area contributed by atoms with Gasteiger partial charge >= 0.3 is 0 Å². The number of carbonyl (C=O) groups is 1. The van der Waals surface area contributed by atoms with Gasteiger partial charge in [0.05, 0.1) is 5.75 Å². The van der Waals surface area contributed by atoms with E-state index in [1.165, 1.54) is 11.8 Å². The van der Waals surface area contributed by atoms with Crippen molar-refractivity contribution in [2.75, 3.05) is 11.5 Å². The Bertz CT molecular complexity index is 420. The van der Waals surface area contributed by atoms with E-state index in [9.17, 15) is 4.79 Å². The standard InChI is InChI=1S/C11H18N4OS/c1-6(2)13-9(16)5-17-11-7(3)10(12)14-8(4)15-11/h6H,5H2,1-4H3,(H,13,16)(H2,12,14,15). The first-order chi connectivity index (χ1) is 7.90. The average Bonchev–Trinajstić information content (AvgIpc) is 2.20. The van der Waals surface area contributed by atoms with E-state index in [0.29, 0.717) is 17.4 Å². The molecule has 94 valence electrons. The van der Waals surface area contributed by atoms with E-state index in [0.717, 1.165) is 10.6 Å². The molecule has 5 nitrogen and oxygen atoms in total. The van der Waals surface area contributed by atoms with Crippen molar-refractivity contribution >= 4 is 23.5 Å². The highest BCUT2D eigenvalue weighted by Crippen LogP contribution is 2.22. The number of aromatic nitrogens is 2. The maximum absolute atomic E-state index is 11.5. The third-order valence-electron chi connectivity index (χ3n) is 2.04. The van der Waals surface area contributed by atoms with E-state index in [-0.39, 0.29) is 11.9 Å². The second kappa shape index (κ2) is 5.86. The summed E-state index contributed by atoms with van der Waals surface area (Å²) in [4.78, 5) is 19.8. The fraction of sp³-hybridized carbons (Fsp3) is 0.545. The van der Waals surface area contributed by atoms with Gasteiger partial charge in [-0.05, 0) is 27.7 Å². The zero-order chi connectivity index (χ0) is 13.0. The Kier molecular flexibility index (Phi) is 4.74. The van der Waals surface area contributed by atoms with Crippen LogP contribution in [0.5, 0.6) is 0 Å². The van der Waals surface area contributed by atoms with Crippen LogP contribution in [-0.2, 0) is 4.79 Å². The second-order valence-electron chi connectivity index (χ2n) is 4.10. The number of aryl methyl sites for hydroxylation is 1. The normalized spacial score (nSPS) is 10.6. The van der Waals surface area contributed by atoms with Crippen LogP contribution in [0, 0.1) is 13.8 Å². The number of anilines is 1. The van der Waals surface area contributed by atoms with Crippen molar-refractivity contribution < 1.29 is 4.79 Å². The topological polar surface area (TPSA) is 80.9 Å². The van der Waals surface area contributed by atoms with Crippen molar-refractivity contribution in [1.29, 1.82) is 0 Å². The first kappa shape index (κ1) is 13.8. The summed E-state index contributed by atoms with van der Waals surface area (Å²) in [6, 6.07) is 0.154. The summed E-state index contributed by atoms with van der Waals surface area (Å²) in [5.41, 5.74) is 6.58. The number of amides is 1. The average molecular weight is 254 g/mol. The van der Waals surface area contributed by atoms with Crippen molar-refractivity contribution in [3.8, 4) is 0 Å². The van der Waals surface area contributed by atoms with Crippen LogP contribution < -0.4 is 11.1 Å². The lowest BCUT2D eigenvalue weighted by molar-refractivity contribution is -0.119. The summed E-state index contributed by atoms with van der Waals surface area (Å²) in [6.07, 6.45) is 0. The van der Waals surface area contributed by atoms with Crippen molar-refractivity contribution in [2.24, 2.45) is 0 Å². The number of nitrogens with one attached hydrogen (secondary N) is 1. The van der Waals surface area contributed by atoms with Crippen LogP contribution in [-0.4, -0.2) is 27.7 Å². The lowest BCUT2D eigenvalue weighted by Crippen LogP contribution is -2.31. The Balaban J connectivity index is 2.66. The van der Waals surface area contributed by atoms with Crippen LogP contribution in [0.3, 0.4) is 0 Å². The zero-order valence-electron chi connectivity index (χ0n) is 10.6. The minimum atomic E-state index is -0.000707. The van der Waals surface area contributed by atoms with Crippen LogP contribution >= 0.6 is 11.8 Å². The molecule has 1 aromatic rings. The van der Waals surface area contributed by atoms with Gasteiger partial charge in [0.2, 0.25) is 5.91 Å². The quantitative estimate of drug-likeness (QED) is 0.625. The SMILES string of the molecule is Cc1nc(N)c(C)c(SCC(=O)NC(C)C)n1. The number of thioether (sulfide) groups is 1. The molecular formula is C11H18N4OS. The summed E-state index contributed by atoms with van der Waals surface area (Å²) in [5, 5.41) is 3.60. The zero-order valence-corrected chi connectivity index (χ0v) is 11.4. The minimum Gasteiger partial charge on any atom is -0.383 e. The lowest BCUT2D eigenvalue weighted by Gasteiger charge is -2.09. The number of carbonyl (C=O) groups excluding carboxylic acids is 1. The monoisotopic (exact) mass is 254 g/mol. The maximum Gasteiger partial charge on any atom is 0.230 e. The third kappa shape index (κ3) is 4.22. The molecule has 3 N–H and O–H groups in total. The van der Waals surface area contributed by atoms with E-state index in [2.05, 4.69) is 15.3 Å². The third-order valence-corrected chi connectivity index (χ3v) is 3.12. The van der Waals surface area contributed by atoms with Gasteiger partial charge in [-0.2, -0.15) is 0 Å². The molecule has 1 heterocycles. The molecule has 0 saturated heterocycles. The summed E-state index contributed by atoms with van der Waals surface area (Å²) >= 11 is 1.38. The van der Waals surface area contributed by atoms with Gasteiger partial charge in [-0.25, -0.2) is 9.97 Å². The highest BCUT2D eigenvalue weighted by molar-refractivity contribution is 7.99. The van der Waals surface area contributed by atoms with Crippen LogP contribution in [0.4, 0.5) is 5.82 Å². The smallest absolute Gasteiger partial charge is 0.230 e. The van der Waals surface area contributed by atoms with Crippen molar-refractivity contribution in [1.82, 2.24) is 15.3 Å². The first-order valence-electron chi connectivity index (χ1n) is 5.43. The highest BCUT2D eigenvalue weighted by atomic mass is 32.2. The number of rotatable bonds is 4. The van der Waals surface area contributed by atoms with E-state index >= 15 is 0 Å². The second-order valence-corrected chi connectivity index (χ2v) is 5.06. The molecule has 0 unspecified atom stereocenters. The summed E-state index contributed by atoms with van der Waals surface area (Å²) in [5.74, 6) is 1.44. The molecule has 0 spiro atoms. The van der Waals surface area contributed by atoms with Gasteiger partial charge in [-0.3, -0.25) is 4.79 Å². The Hall–Kier alpha value is -1.30. The van der Waals surface area contributed by atoms with Crippen LogP contribution in [0.1, 0.15) is 25.2 Å². The summed E-state index contributed by atoms with van der Waals surface area (Å²) in [6.45, 7) is 7.51. The minimum absolute atomic E-state index is 0.000707. The Morgan fingerprint density at radius 3 is 2.65 bits per heavy atom. The largest absolute Gasteiger partial charge is 0.383 e. The number of nitrogens with zero attached hydrogens (tertiary/aromatic N) is 2. The molecule has 0 atom stereocenters. The van der Waals surface area contributed by atoms with E-state index in [1.54, 1.807) is 6.92 Å². The summed E-state index contributed by atoms with van der Waals surface area (Å²) in [7, 11) is 0. The molecule has 1 amide bonds. The molecule has 0 radical (unpaired) electrons. The first-order valence-corrected chi connectivity index (χ1v) is 6.41. The molecule has 0 bridgehead atoms. The fourth-order valence-electron chi connectivity index (χ4n) is 1.26. The number of hydrogen-bond donors (Lipinski definition) is 2. The van der Waals surface area contributed by atoms with Crippen molar-refractivity contribution in [3.63, 3.8) is 0 Å². The summed E-state index contributed by atoms with van der Waals surface area (Å²) < 4.78 is 0. The van der Waals surface area contributed by atoms with Crippen molar-refractivity contribution in [3.05, 3.63) is 11.4 Å². The molecule has 0 aliphatic rings. The molecule has 0 aromatic carbocycles. The van der Waals surface area contributed by atoms with Crippen LogP contribution in [0.25, 0.3) is 0 Å².